The zero-order valence-corrected chi connectivity index (χ0v) is 12.6. The molecule has 1 amide bonds. The largest absolute Gasteiger partial charge is 0.300 e. The summed E-state index contributed by atoms with van der Waals surface area (Å²) < 4.78 is 0. The number of hydrogen-bond donors (Lipinski definition) is 1. The van der Waals surface area contributed by atoms with E-state index in [0.717, 1.165) is 17.4 Å². The molecule has 7 heteroatoms. The first-order valence-corrected chi connectivity index (χ1v) is 7.53. The highest BCUT2D eigenvalue weighted by Gasteiger charge is 2.25. The summed E-state index contributed by atoms with van der Waals surface area (Å²) in [4.78, 5) is 27.3. The van der Waals surface area contributed by atoms with Gasteiger partial charge in [-0.1, -0.05) is 30.3 Å². The molecule has 1 saturated heterocycles. The van der Waals surface area contributed by atoms with Crippen molar-refractivity contribution >= 4 is 40.3 Å². The summed E-state index contributed by atoms with van der Waals surface area (Å²) in [7, 11) is 0. The van der Waals surface area contributed by atoms with Gasteiger partial charge in [-0.15, -0.1) is 0 Å². The zero-order chi connectivity index (χ0) is 16.2. The molecule has 6 nitrogen and oxygen atoms in total. The van der Waals surface area contributed by atoms with E-state index in [1.54, 1.807) is 18.2 Å². The molecule has 2 aromatic rings. The van der Waals surface area contributed by atoms with Crippen molar-refractivity contribution in [2.45, 2.75) is 0 Å². The number of nitrogens with zero attached hydrogens (tertiary/aromatic N) is 2. The van der Waals surface area contributed by atoms with Gasteiger partial charge in [0.15, 0.2) is 5.17 Å². The van der Waals surface area contributed by atoms with Crippen LogP contribution < -0.4 is 5.32 Å². The van der Waals surface area contributed by atoms with E-state index in [1.807, 2.05) is 30.3 Å². The summed E-state index contributed by atoms with van der Waals surface area (Å²) in [5, 5.41) is 14.1. The van der Waals surface area contributed by atoms with Crippen LogP contribution >= 0.6 is 11.8 Å². The number of amidine groups is 1. The van der Waals surface area contributed by atoms with Crippen molar-refractivity contribution in [2.24, 2.45) is 4.99 Å². The lowest BCUT2D eigenvalue weighted by atomic mass is 10.1. The third-order valence-corrected chi connectivity index (χ3v) is 3.97. The number of aliphatic imine (C=N–C) groups is 1. The van der Waals surface area contributed by atoms with Crippen LogP contribution in [0, 0.1) is 10.1 Å². The maximum absolute atomic E-state index is 12.0. The molecule has 1 N–H and O–H groups in total. The third-order valence-electron chi connectivity index (χ3n) is 3.06. The summed E-state index contributed by atoms with van der Waals surface area (Å²) in [5.74, 6) is -0.317. The molecule has 3 rings (SSSR count). The summed E-state index contributed by atoms with van der Waals surface area (Å²) in [6.07, 6.45) is 1.51. The number of para-hydroxylation sites is 2. The number of nitro benzene ring substituents is 1. The molecule has 1 aliphatic rings. The summed E-state index contributed by atoms with van der Waals surface area (Å²) >= 11 is 1.16. The van der Waals surface area contributed by atoms with Crippen molar-refractivity contribution in [3.05, 3.63) is 75.2 Å². The van der Waals surface area contributed by atoms with Crippen LogP contribution in [0.15, 0.2) is 64.5 Å². The van der Waals surface area contributed by atoms with E-state index in [2.05, 4.69) is 10.3 Å². The maximum atomic E-state index is 12.0. The lowest BCUT2D eigenvalue weighted by Crippen LogP contribution is -2.19. The van der Waals surface area contributed by atoms with Crippen LogP contribution in [0.3, 0.4) is 0 Å². The van der Waals surface area contributed by atoms with E-state index in [1.165, 1.54) is 12.1 Å². The highest BCUT2D eigenvalue weighted by molar-refractivity contribution is 8.18. The Labute approximate surface area is 136 Å². The first kappa shape index (κ1) is 15.0. The Balaban J connectivity index is 1.89. The van der Waals surface area contributed by atoms with Crippen molar-refractivity contribution in [1.29, 1.82) is 0 Å². The van der Waals surface area contributed by atoms with E-state index in [0.29, 0.717) is 15.6 Å². The lowest BCUT2D eigenvalue weighted by Gasteiger charge is -1.97. The highest BCUT2D eigenvalue weighted by Crippen LogP contribution is 2.30. The predicted octanol–water partition coefficient (Wildman–Crippen LogP) is 3.49. The minimum absolute atomic E-state index is 0.0400. The molecule has 0 aromatic heterocycles. The molecule has 0 bridgehead atoms. The molecule has 0 saturated carbocycles. The monoisotopic (exact) mass is 325 g/mol. The van der Waals surface area contributed by atoms with Gasteiger partial charge in [0.05, 0.1) is 21.1 Å². The summed E-state index contributed by atoms with van der Waals surface area (Å²) in [6.45, 7) is 0. The molecule has 1 heterocycles. The third kappa shape index (κ3) is 3.46. The Morgan fingerprint density at radius 3 is 2.52 bits per heavy atom. The van der Waals surface area contributed by atoms with Crippen molar-refractivity contribution in [3.63, 3.8) is 0 Å². The van der Waals surface area contributed by atoms with E-state index < -0.39 is 4.92 Å². The fourth-order valence-corrected chi connectivity index (χ4v) is 2.85. The number of nitrogens with one attached hydrogen (secondary N) is 1. The number of nitro groups is 1. The maximum Gasteiger partial charge on any atom is 0.276 e. The van der Waals surface area contributed by atoms with Crippen molar-refractivity contribution in [1.82, 2.24) is 5.32 Å². The first-order chi connectivity index (χ1) is 11.1. The van der Waals surface area contributed by atoms with Crippen LogP contribution in [-0.2, 0) is 4.79 Å². The fraction of sp³-hybridized carbons (Fsp3) is 0. The minimum Gasteiger partial charge on any atom is -0.300 e. The Morgan fingerprint density at radius 1 is 1.09 bits per heavy atom. The van der Waals surface area contributed by atoms with Crippen LogP contribution in [-0.4, -0.2) is 16.0 Å². The second-order valence-corrected chi connectivity index (χ2v) is 5.66. The van der Waals surface area contributed by atoms with Crippen LogP contribution in [0.4, 0.5) is 11.4 Å². The van der Waals surface area contributed by atoms with Gasteiger partial charge in [0.1, 0.15) is 0 Å². The van der Waals surface area contributed by atoms with E-state index in [-0.39, 0.29) is 11.6 Å². The number of amides is 1. The highest BCUT2D eigenvalue weighted by atomic mass is 32.2. The molecule has 0 unspecified atom stereocenters. The number of benzene rings is 2. The zero-order valence-electron chi connectivity index (χ0n) is 11.8. The first-order valence-electron chi connectivity index (χ1n) is 6.71. The Morgan fingerprint density at radius 2 is 1.78 bits per heavy atom. The second-order valence-electron chi connectivity index (χ2n) is 4.63. The summed E-state index contributed by atoms with van der Waals surface area (Å²) in [6, 6.07) is 15.5. The van der Waals surface area contributed by atoms with Crippen molar-refractivity contribution in [3.8, 4) is 0 Å². The quantitative estimate of drug-likeness (QED) is 0.532. The molecular formula is C16H11N3O3S. The average molecular weight is 325 g/mol. The molecule has 0 radical (unpaired) electrons. The Hall–Kier alpha value is -2.93. The number of hydrogen-bond acceptors (Lipinski definition) is 5. The number of rotatable bonds is 3. The number of carbonyl (C=O) groups excluding carboxylic acids is 1. The van der Waals surface area contributed by atoms with Crippen LogP contribution in [0.25, 0.3) is 6.08 Å². The van der Waals surface area contributed by atoms with Crippen LogP contribution in [0.2, 0.25) is 0 Å². The Bertz CT molecular complexity index is 831. The second kappa shape index (κ2) is 6.45. The smallest absolute Gasteiger partial charge is 0.276 e. The minimum atomic E-state index is -0.469. The molecule has 23 heavy (non-hydrogen) atoms. The van der Waals surface area contributed by atoms with Gasteiger partial charge >= 0.3 is 0 Å². The Kier molecular flexibility index (Phi) is 4.20. The van der Waals surface area contributed by atoms with Crippen molar-refractivity contribution < 1.29 is 9.72 Å². The van der Waals surface area contributed by atoms with Crippen molar-refractivity contribution in [2.75, 3.05) is 0 Å². The van der Waals surface area contributed by atoms with E-state index >= 15 is 0 Å². The average Bonchev–Trinajstić information content (AvgIpc) is 2.88. The van der Waals surface area contributed by atoms with Gasteiger partial charge in [0, 0.05) is 6.07 Å². The molecule has 0 spiro atoms. The van der Waals surface area contributed by atoms with Gasteiger partial charge in [-0.3, -0.25) is 14.9 Å². The normalized spacial score (nSPS) is 17.5. The summed E-state index contributed by atoms with van der Waals surface area (Å²) in [5.41, 5.74) is 1.07. The molecule has 2 aromatic carbocycles. The molecule has 0 aliphatic carbocycles. The van der Waals surface area contributed by atoms with Crippen LogP contribution in [0.5, 0.6) is 0 Å². The van der Waals surface area contributed by atoms with Gasteiger partial charge < -0.3 is 5.32 Å². The molecule has 1 fully saturated rings. The fourth-order valence-electron chi connectivity index (χ4n) is 2.02. The SMILES string of the molecule is O=C1NC(=Nc2ccccc2)S/C1=C/c1ccccc1[N+](=O)[O-]. The molecule has 114 valence electrons. The van der Waals surface area contributed by atoms with Crippen LogP contribution in [0.1, 0.15) is 5.56 Å². The van der Waals surface area contributed by atoms with Gasteiger partial charge in [-0.05, 0) is 36.0 Å². The predicted molar refractivity (Wildman–Crippen MR) is 90.3 cm³/mol. The molecule has 0 atom stereocenters. The molecular weight excluding hydrogens is 314 g/mol. The van der Waals surface area contributed by atoms with Gasteiger partial charge in [0.2, 0.25) is 0 Å². The number of carbonyl (C=O) groups is 1. The van der Waals surface area contributed by atoms with E-state index in [4.69, 9.17) is 0 Å². The van der Waals surface area contributed by atoms with Gasteiger partial charge in [-0.2, -0.15) is 0 Å². The topological polar surface area (TPSA) is 84.6 Å². The number of thioether (sulfide) groups is 1. The van der Waals surface area contributed by atoms with E-state index in [9.17, 15) is 14.9 Å². The van der Waals surface area contributed by atoms with Gasteiger partial charge in [0.25, 0.3) is 11.6 Å². The molecule has 1 aliphatic heterocycles. The lowest BCUT2D eigenvalue weighted by molar-refractivity contribution is -0.385. The van der Waals surface area contributed by atoms with Gasteiger partial charge in [-0.25, -0.2) is 4.99 Å². The standard InChI is InChI=1S/C16H11N3O3S/c20-15-14(10-11-6-4-5-9-13(11)19(21)22)23-16(18-15)17-12-7-2-1-3-8-12/h1-10H,(H,17,18,20)/b14-10+.